The van der Waals surface area contributed by atoms with Gasteiger partial charge < -0.3 is 32.5 Å². The molecule has 35 heavy (non-hydrogen) atoms. The molecule has 1 heterocycles. The van der Waals surface area contributed by atoms with Gasteiger partial charge in [-0.05, 0) is 50.8 Å². The molecule has 1 saturated heterocycles. The standard InChI is InChI=1S/C21H33N7O6S/c22-20(23)25-11-5-2-6-12-26-21(32)27-14-17(19(30)31)28(18(29)16-10-7-13-24-16)35(33,34)15-8-3-1-4-9-15/h1,3-4,8-9,16-17,24H,2,5-7,10-14H2,(H,30,31)(H4,22,23,25)(H2,26,27,32)/t16-,17-/m0/s1. The zero-order valence-corrected chi connectivity index (χ0v) is 20.2. The molecule has 0 aliphatic carbocycles. The van der Waals surface area contributed by atoms with E-state index in [-0.39, 0.29) is 10.9 Å². The Morgan fingerprint density at radius 2 is 1.86 bits per heavy atom. The molecular formula is C21H33N7O6S. The molecule has 194 valence electrons. The van der Waals surface area contributed by atoms with Crippen molar-refractivity contribution in [3.8, 4) is 0 Å². The zero-order valence-electron chi connectivity index (χ0n) is 19.4. The molecule has 13 nitrogen and oxygen atoms in total. The van der Waals surface area contributed by atoms with E-state index in [9.17, 15) is 27.9 Å². The number of unbranched alkanes of at least 4 members (excludes halogenated alkanes) is 2. The normalized spacial score (nSPS) is 16.2. The third-order valence-corrected chi connectivity index (χ3v) is 7.13. The Labute approximate surface area is 204 Å². The van der Waals surface area contributed by atoms with Gasteiger partial charge in [-0.25, -0.2) is 22.3 Å². The van der Waals surface area contributed by atoms with Crippen LogP contribution in [0.1, 0.15) is 32.1 Å². The van der Waals surface area contributed by atoms with Crippen molar-refractivity contribution in [2.45, 2.75) is 49.1 Å². The van der Waals surface area contributed by atoms with E-state index in [0.717, 1.165) is 12.8 Å². The maximum absolute atomic E-state index is 13.3. The SMILES string of the molecule is NC(N)=NCCCCCNC(=O)NC[C@@H](C(=O)O)N(C(=O)[C@@H]1CCCN1)S(=O)(=O)c1ccccc1. The van der Waals surface area contributed by atoms with Crippen molar-refractivity contribution in [1.82, 2.24) is 20.3 Å². The van der Waals surface area contributed by atoms with Gasteiger partial charge in [-0.15, -0.1) is 0 Å². The van der Waals surface area contributed by atoms with Crippen molar-refractivity contribution in [3.63, 3.8) is 0 Å². The van der Waals surface area contributed by atoms with Gasteiger partial charge in [-0.1, -0.05) is 18.2 Å². The minimum absolute atomic E-state index is 0.0148. The van der Waals surface area contributed by atoms with Gasteiger partial charge in [0.25, 0.3) is 15.9 Å². The van der Waals surface area contributed by atoms with E-state index in [0.29, 0.717) is 43.2 Å². The minimum Gasteiger partial charge on any atom is -0.480 e. The van der Waals surface area contributed by atoms with Crippen LogP contribution in [0.4, 0.5) is 4.79 Å². The molecule has 0 radical (unpaired) electrons. The van der Waals surface area contributed by atoms with E-state index >= 15 is 0 Å². The average Bonchev–Trinajstić information content (AvgIpc) is 3.36. The molecule has 0 saturated carbocycles. The average molecular weight is 512 g/mol. The molecular weight excluding hydrogens is 478 g/mol. The molecule has 0 aromatic heterocycles. The lowest BCUT2D eigenvalue weighted by molar-refractivity contribution is -0.146. The summed E-state index contributed by atoms with van der Waals surface area (Å²) < 4.78 is 27.0. The summed E-state index contributed by atoms with van der Waals surface area (Å²) in [4.78, 5) is 41.1. The number of hydrogen-bond acceptors (Lipinski definition) is 7. The Hall–Kier alpha value is -3.39. The number of hydrogen-bond donors (Lipinski definition) is 6. The highest BCUT2D eigenvalue weighted by atomic mass is 32.2. The summed E-state index contributed by atoms with van der Waals surface area (Å²) in [6.07, 6.45) is 3.14. The fourth-order valence-electron chi connectivity index (χ4n) is 3.54. The summed E-state index contributed by atoms with van der Waals surface area (Å²) in [7, 11) is -4.50. The summed E-state index contributed by atoms with van der Waals surface area (Å²) in [5.41, 5.74) is 10.5. The molecule has 14 heteroatoms. The van der Waals surface area contributed by atoms with Gasteiger partial charge in [0.1, 0.15) is 0 Å². The fourth-order valence-corrected chi connectivity index (χ4v) is 5.13. The van der Waals surface area contributed by atoms with Crippen LogP contribution < -0.4 is 27.4 Å². The number of carbonyl (C=O) groups excluding carboxylic acids is 2. The molecule has 0 bridgehead atoms. The molecule has 1 aromatic carbocycles. The number of carboxylic acids is 1. The first-order chi connectivity index (χ1) is 16.6. The third kappa shape index (κ3) is 8.40. The van der Waals surface area contributed by atoms with Crippen molar-refractivity contribution in [3.05, 3.63) is 30.3 Å². The van der Waals surface area contributed by atoms with E-state index in [4.69, 9.17) is 11.5 Å². The number of nitrogens with one attached hydrogen (secondary N) is 3. The summed E-state index contributed by atoms with van der Waals surface area (Å²) in [5, 5.41) is 17.7. The van der Waals surface area contributed by atoms with E-state index in [1.54, 1.807) is 6.07 Å². The number of benzene rings is 1. The summed E-state index contributed by atoms with van der Waals surface area (Å²) in [5.74, 6) is -2.42. The number of nitrogens with two attached hydrogens (primary N) is 2. The first-order valence-corrected chi connectivity index (χ1v) is 12.7. The number of aliphatic carboxylic acids is 1. The topological polar surface area (TPSA) is 209 Å². The Balaban J connectivity index is 2.06. The highest BCUT2D eigenvalue weighted by molar-refractivity contribution is 7.89. The molecule has 0 unspecified atom stereocenters. The van der Waals surface area contributed by atoms with Crippen LogP contribution in [0.15, 0.2) is 40.2 Å². The third-order valence-electron chi connectivity index (χ3n) is 5.31. The van der Waals surface area contributed by atoms with Gasteiger partial charge in [0.05, 0.1) is 17.5 Å². The van der Waals surface area contributed by atoms with Crippen molar-refractivity contribution in [2.24, 2.45) is 16.5 Å². The molecule has 1 aliphatic heterocycles. The summed E-state index contributed by atoms with van der Waals surface area (Å²) in [6.45, 7) is 0.697. The number of urea groups is 1. The van der Waals surface area contributed by atoms with Crippen LogP contribution in [0.3, 0.4) is 0 Å². The van der Waals surface area contributed by atoms with Gasteiger partial charge in [0.15, 0.2) is 12.0 Å². The van der Waals surface area contributed by atoms with Crippen LogP contribution in [0.2, 0.25) is 0 Å². The summed E-state index contributed by atoms with van der Waals surface area (Å²) >= 11 is 0. The lowest BCUT2D eigenvalue weighted by Crippen LogP contribution is -2.57. The van der Waals surface area contributed by atoms with Crippen LogP contribution in [0.5, 0.6) is 0 Å². The number of guanidine groups is 1. The summed E-state index contributed by atoms with van der Waals surface area (Å²) in [6, 6.07) is 3.77. The fraction of sp³-hybridized carbons (Fsp3) is 0.524. The van der Waals surface area contributed by atoms with Crippen LogP contribution in [-0.4, -0.2) is 80.0 Å². The quantitative estimate of drug-likeness (QED) is 0.110. The van der Waals surface area contributed by atoms with Gasteiger partial charge >= 0.3 is 12.0 Å². The van der Waals surface area contributed by atoms with Crippen molar-refractivity contribution in [2.75, 3.05) is 26.2 Å². The largest absolute Gasteiger partial charge is 0.480 e. The number of nitrogens with zero attached hydrogens (tertiary/aromatic N) is 2. The molecule has 8 N–H and O–H groups in total. The number of carbonyl (C=O) groups is 3. The monoisotopic (exact) mass is 511 g/mol. The molecule has 1 aromatic rings. The second kappa shape index (κ2) is 13.5. The van der Waals surface area contributed by atoms with Crippen LogP contribution >= 0.6 is 0 Å². The van der Waals surface area contributed by atoms with E-state index < -0.39 is 46.6 Å². The van der Waals surface area contributed by atoms with Gasteiger partial charge in [0.2, 0.25) is 0 Å². The first kappa shape index (κ1) is 27.9. The van der Waals surface area contributed by atoms with Crippen molar-refractivity contribution >= 4 is 33.9 Å². The van der Waals surface area contributed by atoms with Crippen LogP contribution in [0.25, 0.3) is 0 Å². The predicted octanol–water partition coefficient (Wildman–Crippen LogP) is -0.848. The Morgan fingerprint density at radius 1 is 1.14 bits per heavy atom. The molecule has 3 amide bonds. The molecule has 2 rings (SSSR count). The number of amides is 3. The molecule has 1 aliphatic rings. The molecule has 1 fully saturated rings. The molecule has 2 atom stereocenters. The van der Waals surface area contributed by atoms with Crippen LogP contribution in [-0.2, 0) is 19.6 Å². The molecule has 0 spiro atoms. The second-order valence-corrected chi connectivity index (χ2v) is 9.77. The van der Waals surface area contributed by atoms with Gasteiger partial charge in [-0.3, -0.25) is 9.79 Å². The lowest BCUT2D eigenvalue weighted by atomic mass is 10.2. The lowest BCUT2D eigenvalue weighted by Gasteiger charge is -2.30. The maximum Gasteiger partial charge on any atom is 0.329 e. The van der Waals surface area contributed by atoms with E-state index in [2.05, 4.69) is 20.9 Å². The Kier molecular flexibility index (Phi) is 10.7. The number of carboxylic acid groups (broad SMARTS) is 1. The van der Waals surface area contributed by atoms with Crippen LogP contribution in [0, 0.1) is 0 Å². The second-order valence-electron chi connectivity index (χ2n) is 7.96. The van der Waals surface area contributed by atoms with Crippen molar-refractivity contribution in [1.29, 1.82) is 0 Å². The maximum atomic E-state index is 13.3. The van der Waals surface area contributed by atoms with Crippen molar-refractivity contribution < 1.29 is 27.9 Å². The zero-order chi connectivity index (χ0) is 25.8. The van der Waals surface area contributed by atoms with E-state index in [1.807, 2.05) is 0 Å². The highest BCUT2D eigenvalue weighted by Crippen LogP contribution is 2.22. The number of aliphatic imine (C=N–C) groups is 1. The Morgan fingerprint density at radius 3 is 2.46 bits per heavy atom. The van der Waals surface area contributed by atoms with Gasteiger partial charge in [-0.2, -0.15) is 0 Å². The predicted molar refractivity (Wildman–Crippen MR) is 129 cm³/mol. The number of sulfonamides is 1. The smallest absolute Gasteiger partial charge is 0.329 e. The first-order valence-electron chi connectivity index (χ1n) is 11.3. The minimum atomic E-state index is -4.50. The van der Waals surface area contributed by atoms with Gasteiger partial charge in [0, 0.05) is 13.1 Å². The Bertz CT molecular complexity index is 993. The van der Waals surface area contributed by atoms with E-state index in [1.165, 1.54) is 24.3 Å². The number of rotatable bonds is 13. The highest BCUT2D eigenvalue weighted by Gasteiger charge is 2.43.